The number of hydrogen-bond acceptors (Lipinski definition) is 7. The Bertz CT molecular complexity index is 1490. The second kappa shape index (κ2) is 13.0. The summed E-state index contributed by atoms with van der Waals surface area (Å²) in [5.74, 6) is 0.0925. The van der Waals surface area contributed by atoms with Gasteiger partial charge in [-0.2, -0.15) is 5.26 Å². The molecule has 2 saturated heterocycles. The molecule has 2 fully saturated rings. The standard InChI is InChI=1S/C34H36N4O5/c35-18-22-6-8-23(9-7-22)20-38-21-26-17-29(38)34(41)36-19-32-30(39)13-11-27(43-32)14-15-42-31-16-25(24-4-2-1-3-5-24)10-12-28(31)33(40)37-26/h1-10,12,16,26-27,29-30,32,39H,11,13-15,17,19-21H2,(H,36,41)(H,37,40)/t26-,27-,29-,30-,32+/m0/s1. The summed E-state index contributed by atoms with van der Waals surface area (Å²) in [6, 6.07) is 24.3. The minimum Gasteiger partial charge on any atom is -0.493 e. The molecular formula is C34H36N4O5. The largest absolute Gasteiger partial charge is 0.493 e. The number of aliphatic hydroxyl groups excluding tert-OH is 1. The molecule has 5 atom stereocenters. The molecule has 0 aliphatic carbocycles. The van der Waals surface area contributed by atoms with Crippen molar-refractivity contribution in [2.45, 2.75) is 62.6 Å². The quantitative estimate of drug-likeness (QED) is 0.434. The summed E-state index contributed by atoms with van der Waals surface area (Å²) < 4.78 is 12.5. The Morgan fingerprint density at radius 1 is 0.977 bits per heavy atom. The van der Waals surface area contributed by atoms with Crippen LogP contribution in [0.3, 0.4) is 0 Å². The molecular weight excluding hydrogens is 544 g/mol. The number of hydrogen-bond donors (Lipinski definition) is 3. The van der Waals surface area contributed by atoms with Crippen molar-refractivity contribution in [3.63, 3.8) is 0 Å². The summed E-state index contributed by atoms with van der Waals surface area (Å²) in [5.41, 5.74) is 3.95. The van der Waals surface area contributed by atoms with Gasteiger partial charge in [0.1, 0.15) is 11.9 Å². The van der Waals surface area contributed by atoms with E-state index in [1.807, 2.05) is 54.6 Å². The minimum atomic E-state index is -0.657. The third-order valence-corrected chi connectivity index (χ3v) is 8.60. The molecule has 6 rings (SSSR count). The lowest BCUT2D eigenvalue weighted by Gasteiger charge is -2.34. The SMILES string of the molecule is N#Cc1ccc(CN2C[C@@H]3C[C@H]2C(=O)NC[C@H]2O[C@H](CCOc4cc(-c5ccccc5)ccc4C(=O)N3)CC[C@@H]2O)cc1. The fraction of sp³-hybridized carbons (Fsp3) is 0.382. The fourth-order valence-corrected chi connectivity index (χ4v) is 6.24. The van der Waals surface area contributed by atoms with Crippen LogP contribution in [-0.4, -0.2) is 71.9 Å². The van der Waals surface area contributed by atoms with E-state index < -0.39 is 18.2 Å². The molecule has 222 valence electrons. The number of fused-ring (bicyclic) bond motifs is 5. The summed E-state index contributed by atoms with van der Waals surface area (Å²) in [7, 11) is 0. The average molecular weight is 581 g/mol. The molecule has 9 heteroatoms. The highest BCUT2D eigenvalue weighted by molar-refractivity contribution is 5.98. The lowest BCUT2D eigenvalue weighted by Crippen LogP contribution is -2.50. The lowest BCUT2D eigenvalue weighted by atomic mass is 9.99. The predicted octanol–water partition coefficient (Wildman–Crippen LogP) is 3.41. The van der Waals surface area contributed by atoms with Crippen molar-refractivity contribution < 1.29 is 24.2 Å². The maximum absolute atomic E-state index is 13.7. The summed E-state index contributed by atoms with van der Waals surface area (Å²) in [6.45, 7) is 1.52. The van der Waals surface area contributed by atoms with Gasteiger partial charge in [0.25, 0.3) is 5.91 Å². The molecule has 3 aromatic carbocycles. The van der Waals surface area contributed by atoms with Crippen LogP contribution in [0.1, 0.15) is 47.2 Å². The number of likely N-dealkylation sites (tertiary alicyclic amines) is 1. The van der Waals surface area contributed by atoms with Gasteiger partial charge >= 0.3 is 0 Å². The minimum absolute atomic E-state index is 0.128. The number of benzene rings is 3. The van der Waals surface area contributed by atoms with Gasteiger partial charge in [-0.3, -0.25) is 14.5 Å². The topological polar surface area (TPSA) is 124 Å². The fourth-order valence-electron chi connectivity index (χ4n) is 6.24. The van der Waals surface area contributed by atoms with Gasteiger partial charge in [0, 0.05) is 32.1 Å². The van der Waals surface area contributed by atoms with Crippen LogP contribution in [0.15, 0.2) is 72.8 Å². The zero-order chi connectivity index (χ0) is 29.8. The van der Waals surface area contributed by atoms with Gasteiger partial charge < -0.3 is 25.2 Å². The van der Waals surface area contributed by atoms with Gasteiger partial charge in [-0.1, -0.05) is 48.5 Å². The number of aliphatic hydroxyl groups is 1. The first kappa shape index (κ1) is 28.9. The van der Waals surface area contributed by atoms with Crippen molar-refractivity contribution in [3.05, 3.63) is 89.5 Å². The van der Waals surface area contributed by atoms with Crippen LogP contribution in [-0.2, 0) is 16.1 Å². The molecule has 3 aromatic rings. The monoisotopic (exact) mass is 580 g/mol. The maximum atomic E-state index is 13.7. The molecule has 43 heavy (non-hydrogen) atoms. The lowest BCUT2D eigenvalue weighted by molar-refractivity contribution is -0.133. The number of amides is 2. The van der Waals surface area contributed by atoms with Crippen molar-refractivity contribution in [2.24, 2.45) is 0 Å². The van der Waals surface area contributed by atoms with E-state index in [0.717, 1.165) is 16.7 Å². The molecule has 3 aliphatic rings. The van der Waals surface area contributed by atoms with E-state index in [-0.39, 0.29) is 30.5 Å². The zero-order valence-corrected chi connectivity index (χ0v) is 23.9. The Morgan fingerprint density at radius 2 is 1.79 bits per heavy atom. The smallest absolute Gasteiger partial charge is 0.255 e. The third-order valence-electron chi connectivity index (χ3n) is 8.60. The van der Waals surface area contributed by atoms with E-state index in [1.54, 1.807) is 18.2 Å². The average Bonchev–Trinajstić information content (AvgIpc) is 3.43. The highest BCUT2D eigenvalue weighted by Gasteiger charge is 2.39. The van der Waals surface area contributed by atoms with E-state index in [0.29, 0.717) is 62.3 Å². The number of nitriles is 1. The van der Waals surface area contributed by atoms with E-state index in [2.05, 4.69) is 21.6 Å². The Labute approximate surface area is 251 Å². The summed E-state index contributed by atoms with van der Waals surface area (Å²) in [4.78, 5) is 29.2. The van der Waals surface area contributed by atoms with Gasteiger partial charge in [-0.05, 0) is 60.2 Å². The Morgan fingerprint density at radius 3 is 2.58 bits per heavy atom. The molecule has 3 N–H and O–H groups in total. The summed E-state index contributed by atoms with van der Waals surface area (Å²) in [5, 5.41) is 26.0. The Hall–Kier alpha value is -4.23. The van der Waals surface area contributed by atoms with Gasteiger partial charge in [-0.15, -0.1) is 0 Å². The van der Waals surface area contributed by atoms with Crippen LogP contribution >= 0.6 is 0 Å². The molecule has 0 spiro atoms. The number of ether oxygens (including phenoxy) is 2. The van der Waals surface area contributed by atoms with Gasteiger partial charge in [0.15, 0.2) is 0 Å². The molecule has 0 unspecified atom stereocenters. The van der Waals surface area contributed by atoms with Crippen LogP contribution in [0.5, 0.6) is 5.75 Å². The van der Waals surface area contributed by atoms with E-state index in [4.69, 9.17) is 14.7 Å². The van der Waals surface area contributed by atoms with Crippen molar-refractivity contribution in [1.29, 1.82) is 5.26 Å². The van der Waals surface area contributed by atoms with Crippen LogP contribution < -0.4 is 15.4 Å². The van der Waals surface area contributed by atoms with Crippen molar-refractivity contribution in [2.75, 3.05) is 19.7 Å². The molecule has 4 bridgehead atoms. The second-order valence-corrected chi connectivity index (χ2v) is 11.6. The summed E-state index contributed by atoms with van der Waals surface area (Å²) in [6.07, 6.45) is 1.01. The van der Waals surface area contributed by atoms with E-state index in [9.17, 15) is 14.7 Å². The molecule has 0 saturated carbocycles. The van der Waals surface area contributed by atoms with Crippen LogP contribution in [0.2, 0.25) is 0 Å². The normalized spacial score (nSPS) is 26.4. The number of nitrogens with zero attached hydrogens (tertiary/aromatic N) is 2. The second-order valence-electron chi connectivity index (χ2n) is 11.6. The third kappa shape index (κ3) is 6.73. The van der Waals surface area contributed by atoms with Crippen LogP contribution in [0, 0.1) is 11.3 Å². The van der Waals surface area contributed by atoms with Crippen molar-refractivity contribution >= 4 is 11.8 Å². The van der Waals surface area contributed by atoms with Crippen molar-refractivity contribution in [3.8, 4) is 22.9 Å². The van der Waals surface area contributed by atoms with Crippen LogP contribution in [0.4, 0.5) is 0 Å². The zero-order valence-electron chi connectivity index (χ0n) is 23.9. The first-order valence-corrected chi connectivity index (χ1v) is 14.9. The Kier molecular flexibility index (Phi) is 8.70. The number of rotatable bonds is 3. The molecule has 0 radical (unpaired) electrons. The predicted molar refractivity (Wildman–Crippen MR) is 160 cm³/mol. The molecule has 2 amide bonds. The number of nitrogens with one attached hydrogen (secondary N) is 2. The molecule has 0 aromatic heterocycles. The van der Waals surface area contributed by atoms with E-state index in [1.165, 1.54) is 0 Å². The molecule has 9 nitrogen and oxygen atoms in total. The summed E-state index contributed by atoms with van der Waals surface area (Å²) >= 11 is 0. The highest BCUT2D eigenvalue weighted by Crippen LogP contribution is 2.30. The molecule has 3 heterocycles. The molecule has 3 aliphatic heterocycles. The Balaban J connectivity index is 1.29. The highest BCUT2D eigenvalue weighted by atomic mass is 16.5. The van der Waals surface area contributed by atoms with Gasteiger partial charge in [0.2, 0.25) is 5.91 Å². The first-order valence-electron chi connectivity index (χ1n) is 14.9. The number of carbonyl (C=O) groups is 2. The van der Waals surface area contributed by atoms with Crippen LogP contribution in [0.25, 0.3) is 11.1 Å². The van der Waals surface area contributed by atoms with Crippen molar-refractivity contribution in [1.82, 2.24) is 15.5 Å². The number of carbonyl (C=O) groups excluding carboxylic acids is 2. The maximum Gasteiger partial charge on any atom is 0.255 e. The van der Waals surface area contributed by atoms with Gasteiger partial charge in [-0.25, -0.2) is 0 Å². The first-order chi connectivity index (χ1) is 21.0. The van der Waals surface area contributed by atoms with E-state index >= 15 is 0 Å². The van der Waals surface area contributed by atoms with Gasteiger partial charge in [0.05, 0.1) is 42.1 Å².